The molecule has 0 radical (unpaired) electrons. The first-order chi connectivity index (χ1) is 4.97. The van der Waals surface area contributed by atoms with E-state index in [-0.39, 0.29) is 6.04 Å². The van der Waals surface area contributed by atoms with Gasteiger partial charge in [0.2, 0.25) is 0 Å². The van der Waals surface area contributed by atoms with Gasteiger partial charge in [-0.05, 0) is 19.3 Å². The zero-order valence-corrected chi connectivity index (χ0v) is 5.90. The van der Waals surface area contributed by atoms with Crippen molar-refractivity contribution in [2.75, 3.05) is 0 Å². The number of hydrogen-bond donors (Lipinski definition) is 1. The van der Waals surface area contributed by atoms with Crippen LogP contribution in [0.4, 0.5) is 13.2 Å². The minimum atomic E-state index is -4.51. The zero-order chi connectivity index (χ0) is 8.48. The molecule has 0 aromatic carbocycles. The molecule has 2 nitrogen and oxygen atoms in total. The number of halogens is 3. The van der Waals surface area contributed by atoms with E-state index in [2.05, 4.69) is 4.74 Å². The molecule has 1 saturated carbocycles. The maximum Gasteiger partial charge on any atom is 0.522 e. The molecular formula is C6H10F3NO. The molecule has 1 aliphatic carbocycles. The Balaban J connectivity index is 2.29. The summed E-state index contributed by atoms with van der Waals surface area (Å²) in [5, 5.41) is 0. The Labute approximate surface area is 62.5 Å². The molecule has 2 atom stereocenters. The van der Waals surface area contributed by atoms with Crippen LogP contribution >= 0.6 is 0 Å². The predicted octanol–water partition coefficient (Wildman–Crippen LogP) is 1.40. The zero-order valence-electron chi connectivity index (χ0n) is 5.90. The van der Waals surface area contributed by atoms with E-state index in [9.17, 15) is 13.2 Å². The van der Waals surface area contributed by atoms with E-state index >= 15 is 0 Å². The molecule has 1 aliphatic rings. The van der Waals surface area contributed by atoms with Crippen molar-refractivity contribution in [1.82, 2.24) is 0 Å². The van der Waals surface area contributed by atoms with Crippen LogP contribution < -0.4 is 5.73 Å². The second-order valence-corrected chi connectivity index (χ2v) is 2.76. The third-order valence-electron chi connectivity index (χ3n) is 1.73. The van der Waals surface area contributed by atoms with Crippen molar-refractivity contribution in [3.63, 3.8) is 0 Å². The predicted molar refractivity (Wildman–Crippen MR) is 32.8 cm³/mol. The Morgan fingerprint density at radius 1 is 1.27 bits per heavy atom. The van der Waals surface area contributed by atoms with Gasteiger partial charge in [-0.25, -0.2) is 0 Å². The van der Waals surface area contributed by atoms with Gasteiger partial charge in [0.05, 0.1) is 6.10 Å². The fourth-order valence-electron chi connectivity index (χ4n) is 1.27. The molecule has 0 aliphatic heterocycles. The van der Waals surface area contributed by atoms with Gasteiger partial charge in [0.15, 0.2) is 0 Å². The van der Waals surface area contributed by atoms with Crippen LogP contribution in [0.2, 0.25) is 0 Å². The van der Waals surface area contributed by atoms with Crippen molar-refractivity contribution in [1.29, 1.82) is 0 Å². The summed E-state index contributed by atoms with van der Waals surface area (Å²) in [5.74, 6) is 0. The Kier molecular flexibility index (Phi) is 2.39. The number of rotatable bonds is 1. The first kappa shape index (κ1) is 8.80. The highest BCUT2D eigenvalue weighted by molar-refractivity contribution is 4.78. The van der Waals surface area contributed by atoms with Gasteiger partial charge in [-0.15, -0.1) is 13.2 Å². The molecule has 0 bridgehead atoms. The van der Waals surface area contributed by atoms with Gasteiger partial charge in [0.25, 0.3) is 0 Å². The van der Waals surface area contributed by atoms with Crippen LogP contribution in [-0.2, 0) is 4.74 Å². The first-order valence-electron chi connectivity index (χ1n) is 3.47. The fraction of sp³-hybridized carbons (Fsp3) is 1.00. The average molecular weight is 169 g/mol. The van der Waals surface area contributed by atoms with Crippen molar-refractivity contribution >= 4 is 0 Å². The summed E-state index contributed by atoms with van der Waals surface area (Å²) in [6.45, 7) is 0. The van der Waals surface area contributed by atoms with E-state index in [1.54, 1.807) is 0 Å². The van der Waals surface area contributed by atoms with Crippen LogP contribution in [0.15, 0.2) is 0 Å². The first-order valence-corrected chi connectivity index (χ1v) is 3.47. The minimum absolute atomic E-state index is 0.123. The van der Waals surface area contributed by atoms with Crippen molar-refractivity contribution in [3.8, 4) is 0 Å². The summed E-state index contributed by atoms with van der Waals surface area (Å²) < 4.78 is 38.5. The van der Waals surface area contributed by atoms with Gasteiger partial charge < -0.3 is 5.73 Å². The third-order valence-corrected chi connectivity index (χ3v) is 1.73. The van der Waals surface area contributed by atoms with Crippen LogP contribution in [0, 0.1) is 0 Å². The highest BCUT2D eigenvalue weighted by atomic mass is 19.4. The molecule has 1 fully saturated rings. The topological polar surface area (TPSA) is 35.2 Å². The lowest BCUT2D eigenvalue weighted by Crippen LogP contribution is -2.23. The number of nitrogens with two attached hydrogens (primary N) is 1. The molecule has 0 aromatic heterocycles. The second-order valence-electron chi connectivity index (χ2n) is 2.76. The summed E-state index contributed by atoms with van der Waals surface area (Å²) in [6.07, 6.45) is -3.86. The van der Waals surface area contributed by atoms with Gasteiger partial charge >= 0.3 is 6.36 Å². The molecule has 0 saturated heterocycles. The van der Waals surface area contributed by atoms with Crippen molar-refractivity contribution in [2.45, 2.75) is 37.8 Å². The van der Waals surface area contributed by atoms with Crippen LogP contribution in [0.5, 0.6) is 0 Å². The van der Waals surface area contributed by atoms with Gasteiger partial charge in [-0.2, -0.15) is 0 Å². The summed E-state index contributed by atoms with van der Waals surface area (Å²) in [7, 11) is 0. The maximum atomic E-state index is 11.6. The smallest absolute Gasteiger partial charge is 0.328 e. The van der Waals surface area contributed by atoms with E-state index in [0.29, 0.717) is 19.3 Å². The Morgan fingerprint density at radius 3 is 2.27 bits per heavy atom. The molecule has 0 spiro atoms. The van der Waals surface area contributed by atoms with Crippen LogP contribution in [0.1, 0.15) is 19.3 Å². The molecular weight excluding hydrogens is 159 g/mol. The monoisotopic (exact) mass is 169 g/mol. The Bertz CT molecular complexity index is 136. The standard InChI is InChI=1S/C6H10F3NO/c7-6(8,9)11-5-2-1-4(10)3-5/h4-5H,1-3,10H2. The quantitative estimate of drug-likeness (QED) is 0.644. The number of alkyl halides is 3. The number of ether oxygens (including phenoxy) is 1. The Morgan fingerprint density at radius 2 is 1.91 bits per heavy atom. The summed E-state index contributed by atoms with van der Waals surface area (Å²) in [6, 6.07) is -0.123. The van der Waals surface area contributed by atoms with Gasteiger partial charge in [-0.1, -0.05) is 0 Å². The Hall–Kier alpha value is -0.290. The van der Waals surface area contributed by atoms with E-state index < -0.39 is 12.5 Å². The van der Waals surface area contributed by atoms with Crippen molar-refractivity contribution in [3.05, 3.63) is 0 Å². The highest BCUT2D eigenvalue weighted by Crippen LogP contribution is 2.27. The lowest BCUT2D eigenvalue weighted by atomic mass is 10.3. The van der Waals surface area contributed by atoms with E-state index in [0.717, 1.165) is 0 Å². The van der Waals surface area contributed by atoms with E-state index in [1.807, 2.05) is 0 Å². The lowest BCUT2D eigenvalue weighted by molar-refractivity contribution is -0.341. The van der Waals surface area contributed by atoms with E-state index in [4.69, 9.17) is 5.73 Å². The van der Waals surface area contributed by atoms with Gasteiger partial charge in [-0.3, -0.25) is 4.74 Å². The second kappa shape index (κ2) is 2.98. The molecule has 0 amide bonds. The molecule has 0 heterocycles. The molecule has 2 unspecified atom stereocenters. The molecule has 1 rings (SSSR count). The van der Waals surface area contributed by atoms with Gasteiger partial charge in [0.1, 0.15) is 0 Å². The fourth-order valence-corrected chi connectivity index (χ4v) is 1.27. The highest BCUT2D eigenvalue weighted by Gasteiger charge is 2.36. The average Bonchev–Trinajstić information content (AvgIpc) is 2.10. The van der Waals surface area contributed by atoms with Crippen LogP contribution in [-0.4, -0.2) is 18.5 Å². The molecule has 0 aromatic rings. The lowest BCUT2D eigenvalue weighted by Gasteiger charge is -2.13. The number of hydrogen-bond acceptors (Lipinski definition) is 2. The minimum Gasteiger partial charge on any atom is -0.328 e. The molecule has 11 heavy (non-hydrogen) atoms. The van der Waals surface area contributed by atoms with E-state index in [1.165, 1.54) is 0 Å². The molecule has 5 heteroatoms. The summed E-state index contributed by atoms with van der Waals surface area (Å²) in [4.78, 5) is 0. The molecule has 2 N–H and O–H groups in total. The normalized spacial score (nSPS) is 32.7. The van der Waals surface area contributed by atoms with Crippen molar-refractivity contribution < 1.29 is 17.9 Å². The van der Waals surface area contributed by atoms with Crippen molar-refractivity contribution in [2.24, 2.45) is 5.73 Å². The summed E-state index contributed by atoms with van der Waals surface area (Å²) in [5.41, 5.74) is 5.40. The molecule has 66 valence electrons. The third kappa shape index (κ3) is 3.07. The largest absolute Gasteiger partial charge is 0.522 e. The SMILES string of the molecule is NC1CCC(OC(F)(F)F)C1. The maximum absolute atomic E-state index is 11.6. The van der Waals surface area contributed by atoms with Gasteiger partial charge in [0, 0.05) is 6.04 Å². The summed E-state index contributed by atoms with van der Waals surface area (Å²) >= 11 is 0. The van der Waals surface area contributed by atoms with Crippen LogP contribution in [0.3, 0.4) is 0 Å². The van der Waals surface area contributed by atoms with Crippen LogP contribution in [0.25, 0.3) is 0 Å².